The monoisotopic (exact) mass is 282 g/mol. The van der Waals surface area contributed by atoms with Crippen molar-refractivity contribution in [2.24, 2.45) is 0 Å². The van der Waals surface area contributed by atoms with Gasteiger partial charge in [0.15, 0.2) is 0 Å². The van der Waals surface area contributed by atoms with Crippen LogP contribution >= 0.6 is 0 Å². The van der Waals surface area contributed by atoms with E-state index >= 15 is 0 Å². The third kappa shape index (κ3) is 1.88. The minimum atomic E-state index is -0.447. The molecule has 0 bridgehead atoms. The molecule has 2 heterocycles. The Balaban J connectivity index is 2.08. The fraction of sp³-hybridized carbons (Fsp3) is 0.0667. The van der Waals surface area contributed by atoms with Crippen LogP contribution in [0.15, 0.2) is 42.5 Å². The number of amides is 4. The molecule has 0 saturated heterocycles. The Morgan fingerprint density at radius 1 is 0.667 bits per heavy atom. The third-order valence-corrected chi connectivity index (χ3v) is 3.38. The molecule has 4 amide bonds. The Morgan fingerprint density at radius 2 is 1.00 bits per heavy atom. The first kappa shape index (κ1) is 13.0. The number of benzene rings is 1. The van der Waals surface area contributed by atoms with Crippen LogP contribution in [-0.4, -0.2) is 23.6 Å². The van der Waals surface area contributed by atoms with Gasteiger partial charge < -0.3 is 0 Å². The number of anilines is 2. The molecule has 2 aliphatic rings. The Hall–Kier alpha value is -3.02. The van der Waals surface area contributed by atoms with Gasteiger partial charge >= 0.3 is 0 Å². The van der Waals surface area contributed by atoms with E-state index in [1.54, 1.807) is 25.1 Å². The minimum Gasteiger partial charge on any atom is -0.269 e. The second kappa shape index (κ2) is 4.52. The summed E-state index contributed by atoms with van der Waals surface area (Å²) in [5.41, 5.74) is 1.23. The summed E-state index contributed by atoms with van der Waals surface area (Å²) in [7, 11) is 0. The Kier molecular flexibility index (Phi) is 2.79. The first-order chi connectivity index (χ1) is 10.0. The first-order valence-corrected chi connectivity index (χ1v) is 6.22. The summed E-state index contributed by atoms with van der Waals surface area (Å²) in [6.45, 7) is 1.66. The molecule has 0 aromatic heterocycles. The largest absolute Gasteiger partial charge is 0.269 e. The van der Waals surface area contributed by atoms with Crippen LogP contribution in [-0.2, 0) is 19.2 Å². The lowest BCUT2D eigenvalue weighted by molar-refractivity contribution is -0.121. The molecule has 6 heteroatoms. The van der Waals surface area contributed by atoms with E-state index in [9.17, 15) is 19.2 Å². The summed E-state index contributed by atoms with van der Waals surface area (Å²) in [6.07, 6.45) is 4.73. The summed E-state index contributed by atoms with van der Waals surface area (Å²) < 4.78 is 0. The normalized spacial score (nSPS) is 17.6. The van der Waals surface area contributed by atoms with Crippen molar-refractivity contribution >= 4 is 35.0 Å². The maximum absolute atomic E-state index is 11.8. The van der Waals surface area contributed by atoms with E-state index in [1.807, 2.05) is 0 Å². The highest BCUT2D eigenvalue weighted by Gasteiger charge is 2.31. The molecular formula is C15H10N2O4. The highest BCUT2D eigenvalue weighted by molar-refractivity contribution is 6.30. The number of rotatable bonds is 2. The highest BCUT2D eigenvalue weighted by atomic mass is 16.2. The van der Waals surface area contributed by atoms with Gasteiger partial charge in [0.1, 0.15) is 0 Å². The topological polar surface area (TPSA) is 74.8 Å². The zero-order valence-corrected chi connectivity index (χ0v) is 11.1. The average Bonchev–Trinajstić information content (AvgIpc) is 2.95. The van der Waals surface area contributed by atoms with Gasteiger partial charge in [0.05, 0.1) is 11.4 Å². The van der Waals surface area contributed by atoms with Gasteiger partial charge in [0, 0.05) is 24.3 Å². The summed E-state index contributed by atoms with van der Waals surface area (Å²) in [5.74, 6) is -1.79. The van der Waals surface area contributed by atoms with Crippen LogP contribution in [0, 0.1) is 6.92 Å². The van der Waals surface area contributed by atoms with Crippen LogP contribution in [0.3, 0.4) is 0 Å². The van der Waals surface area contributed by atoms with Gasteiger partial charge in [-0.15, -0.1) is 0 Å². The Labute approximate surface area is 119 Å². The molecule has 1 aromatic rings. The lowest BCUT2D eigenvalue weighted by atomic mass is 10.1. The zero-order valence-electron chi connectivity index (χ0n) is 11.1. The van der Waals surface area contributed by atoms with Gasteiger partial charge in [-0.1, -0.05) is 6.07 Å². The number of hydrogen-bond donors (Lipinski definition) is 0. The van der Waals surface area contributed by atoms with Gasteiger partial charge in [0.2, 0.25) is 0 Å². The molecule has 21 heavy (non-hydrogen) atoms. The van der Waals surface area contributed by atoms with Crippen molar-refractivity contribution in [3.63, 3.8) is 0 Å². The summed E-state index contributed by atoms with van der Waals surface area (Å²) in [6, 6.07) is 4.79. The van der Waals surface area contributed by atoms with Gasteiger partial charge in [-0.3, -0.25) is 19.2 Å². The quantitative estimate of drug-likeness (QED) is 0.754. The molecule has 2 aliphatic heterocycles. The molecule has 0 saturated carbocycles. The molecule has 0 N–H and O–H groups in total. The molecule has 0 fully saturated rings. The van der Waals surface area contributed by atoms with Crippen molar-refractivity contribution in [3.8, 4) is 0 Å². The predicted molar refractivity (Wildman–Crippen MR) is 74.4 cm³/mol. The van der Waals surface area contributed by atoms with E-state index in [1.165, 1.54) is 24.3 Å². The van der Waals surface area contributed by atoms with Crippen molar-refractivity contribution in [1.82, 2.24) is 0 Å². The van der Waals surface area contributed by atoms with E-state index in [4.69, 9.17) is 0 Å². The predicted octanol–water partition coefficient (Wildman–Crippen LogP) is 0.854. The number of carbonyl (C=O) groups excluding carboxylic acids is 4. The molecule has 1 aromatic carbocycles. The smallest absolute Gasteiger partial charge is 0.258 e. The summed E-state index contributed by atoms with van der Waals surface area (Å²) >= 11 is 0. The molecule has 0 aliphatic carbocycles. The van der Waals surface area contributed by atoms with Crippen molar-refractivity contribution < 1.29 is 19.2 Å². The lowest BCUT2D eigenvalue weighted by Crippen LogP contribution is -2.33. The van der Waals surface area contributed by atoms with Gasteiger partial charge in [-0.25, -0.2) is 9.80 Å². The molecule has 0 spiro atoms. The first-order valence-electron chi connectivity index (χ1n) is 6.22. The number of carbonyl (C=O) groups is 4. The number of imide groups is 2. The Morgan fingerprint density at radius 3 is 1.33 bits per heavy atom. The molecule has 0 unspecified atom stereocenters. The molecule has 3 rings (SSSR count). The van der Waals surface area contributed by atoms with Crippen LogP contribution < -0.4 is 9.80 Å². The average molecular weight is 282 g/mol. The fourth-order valence-electron chi connectivity index (χ4n) is 2.37. The van der Waals surface area contributed by atoms with Crippen molar-refractivity contribution in [1.29, 1.82) is 0 Å². The molecule has 0 radical (unpaired) electrons. The number of hydrogen-bond acceptors (Lipinski definition) is 4. The maximum Gasteiger partial charge on any atom is 0.258 e. The molecule has 0 atom stereocenters. The van der Waals surface area contributed by atoms with Crippen LogP contribution in [0.2, 0.25) is 0 Å². The standard InChI is InChI=1S/C15H10N2O4/c1-9-10(16-12(18)5-6-13(16)19)3-2-4-11(9)17-14(20)7-8-15(17)21/h2-8H,1H3. The van der Waals surface area contributed by atoms with Crippen LogP contribution in [0.25, 0.3) is 0 Å². The summed E-state index contributed by atoms with van der Waals surface area (Å²) in [4.78, 5) is 49.1. The SMILES string of the molecule is Cc1c(N2C(=O)C=CC2=O)cccc1N1C(=O)C=CC1=O. The van der Waals surface area contributed by atoms with Crippen molar-refractivity contribution in [3.05, 3.63) is 48.1 Å². The second-order valence-corrected chi connectivity index (χ2v) is 4.61. The van der Waals surface area contributed by atoms with Crippen molar-refractivity contribution in [2.75, 3.05) is 9.80 Å². The van der Waals surface area contributed by atoms with E-state index < -0.39 is 23.6 Å². The second-order valence-electron chi connectivity index (χ2n) is 4.61. The highest BCUT2D eigenvalue weighted by Crippen LogP contribution is 2.32. The third-order valence-electron chi connectivity index (χ3n) is 3.38. The maximum atomic E-state index is 11.8. The number of nitrogens with zero attached hydrogens (tertiary/aromatic N) is 2. The van der Waals surface area contributed by atoms with Gasteiger partial charge in [-0.05, 0) is 24.6 Å². The zero-order chi connectivity index (χ0) is 15.1. The molecule has 104 valence electrons. The van der Waals surface area contributed by atoms with Crippen LogP contribution in [0.5, 0.6) is 0 Å². The lowest BCUT2D eigenvalue weighted by Gasteiger charge is -2.22. The molecular weight excluding hydrogens is 272 g/mol. The van der Waals surface area contributed by atoms with Crippen LogP contribution in [0.1, 0.15) is 5.56 Å². The van der Waals surface area contributed by atoms with Crippen LogP contribution in [0.4, 0.5) is 11.4 Å². The van der Waals surface area contributed by atoms with Gasteiger partial charge in [0.25, 0.3) is 23.6 Å². The van der Waals surface area contributed by atoms with Crippen molar-refractivity contribution in [2.45, 2.75) is 6.92 Å². The minimum absolute atomic E-state index is 0.361. The van der Waals surface area contributed by atoms with E-state index in [0.717, 1.165) is 9.80 Å². The Bertz CT molecular complexity index is 665. The van der Waals surface area contributed by atoms with E-state index in [2.05, 4.69) is 0 Å². The van der Waals surface area contributed by atoms with E-state index in [0.29, 0.717) is 16.9 Å². The fourth-order valence-corrected chi connectivity index (χ4v) is 2.37. The molecule has 6 nitrogen and oxygen atoms in total. The summed E-state index contributed by atoms with van der Waals surface area (Å²) in [5, 5.41) is 0. The van der Waals surface area contributed by atoms with E-state index in [-0.39, 0.29) is 0 Å². The van der Waals surface area contributed by atoms with Gasteiger partial charge in [-0.2, -0.15) is 0 Å².